The molecule has 1 unspecified atom stereocenters. The highest BCUT2D eigenvalue weighted by Gasteiger charge is 2.13. The Morgan fingerprint density at radius 3 is 3.00 bits per heavy atom. The summed E-state index contributed by atoms with van der Waals surface area (Å²) < 4.78 is 0. The molecule has 0 radical (unpaired) electrons. The van der Waals surface area contributed by atoms with Crippen molar-refractivity contribution in [2.24, 2.45) is 5.73 Å². The summed E-state index contributed by atoms with van der Waals surface area (Å²) in [6.07, 6.45) is 1.92. The van der Waals surface area contributed by atoms with Gasteiger partial charge in [-0.25, -0.2) is 0 Å². The van der Waals surface area contributed by atoms with Gasteiger partial charge in [-0.2, -0.15) is 0 Å². The van der Waals surface area contributed by atoms with E-state index in [1.807, 2.05) is 19.1 Å². The Labute approximate surface area is 76.4 Å². The van der Waals surface area contributed by atoms with Crippen LogP contribution >= 0.6 is 0 Å². The molecule has 0 spiro atoms. The standard InChI is InChI=1S/C9H12N2O2/c1-6-3-2-4-11-8(6)5-7(10)9(12)13/h2-4,7H,5,10H2,1H3,(H,12,13). The molecule has 0 aliphatic carbocycles. The fourth-order valence-corrected chi connectivity index (χ4v) is 1.03. The molecule has 3 N–H and O–H groups in total. The molecule has 0 amide bonds. The van der Waals surface area contributed by atoms with E-state index in [2.05, 4.69) is 4.98 Å². The second-order valence-electron chi connectivity index (χ2n) is 2.92. The lowest BCUT2D eigenvalue weighted by molar-refractivity contribution is -0.138. The summed E-state index contributed by atoms with van der Waals surface area (Å²) in [6, 6.07) is 2.83. The molecule has 0 aliphatic rings. The van der Waals surface area contributed by atoms with Crippen LogP contribution in [0.1, 0.15) is 11.3 Å². The first kappa shape index (κ1) is 9.67. The van der Waals surface area contributed by atoms with Gasteiger partial charge in [0.2, 0.25) is 0 Å². The smallest absolute Gasteiger partial charge is 0.320 e. The summed E-state index contributed by atoms with van der Waals surface area (Å²) >= 11 is 0. The van der Waals surface area contributed by atoms with Crippen LogP contribution < -0.4 is 5.73 Å². The number of hydrogen-bond acceptors (Lipinski definition) is 3. The molecule has 0 fully saturated rings. The minimum absolute atomic E-state index is 0.280. The van der Waals surface area contributed by atoms with Gasteiger partial charge in [-0.05, 0) is 18.6 Å². The molecule has 1 rings (SSSR count). The molecule has 1 aromatic heterocycles. The van der Waals surface area contributed by atoms with Crippen LogP contribution in [0.15, 0.2) is 18.3 Å². The van der Waals surface area contributed by atoms with Crippen LogP contribution in [0.25, 0.3) is 0 Å². The molecule has 70 valence electrons. The van der Waals surface area contributed by atoms with Gasteiger partial charge >= 0.3 is 5.97 Å². The normalized spacial score (nSPS) is 12.5. The minimum atomic E-state index is -0.995. The van der Waals surface area contributed by atoms with E-state index in [1.165, 1.54) is 0 Å². The predicted molar refractivity (Wildman–Crippen MR) is 48.3 cm³/mol. The molecule has 0 saturated carbocycles. The zero-order chi connectivity index (χ0) is 9.84. The van der Waals surface area contributed by atoms with E-state index in [-0.39, 0.29) is 6.42 Å². The quantitative estimate of drug-likeness (QED) is 0.703. The minimum Gasteiger partial charge on any atom is -0.480 e. The highest BCUT2D eigenvalue weighted by atomic mass is 16.4. The van der Waals surface area contributed by atoms with Crippen LogP contribution in [0, 0.1) is 6.92 Å². The third-order valence-corrected chi connectivity index (χ3v) is 1.85. The molecular formula is C9H12N2O2. The number of carboxylic acids is 1. The van der Waals surface area contributed by atoms with E-state index in [0.717, 1.165) is 11.3 Å². The fraction of sp³-hybridized carbons (Fsp3) is 0.333. The second kappa shape index (κ2) is 4.00. The van der Waals surface area contributed by atoms with Crippen LogP contribution in [0.3, 0.4) is 0 Å². The van der Waals surface area contributed by atoms with Crippen molar-refractivity contribution in [1.29, 1.82) is 0 Å². The van der Waals surface area contributed by atoms with Gasteiger partial charge in [0.05, 0.1) is 0 Å². The van der Waals surface area contributed by atoms with Gasteiger partial charge in [-0.15, -0.1) is 0 Å². The summed E-state index contributed by atoms with van der Waals surface area (Å²) in [5.74, 6) is -0.995. The van der Waals surface area contributed by atoms with E-state index >= 15 is 0 Å². The van der Waals surface area contributed by atoms with Crippen LogP contribution in [0.4, 0.5) is 0 Å². The van der Waals surface area contributed by atoms with Crippen LogP contribution in [0.2, 0.25) is 0 Å². The number of nitrogens with zero attached hydrogens (tertiary/aromatic N) is 1. The van der Waals surface area contributed by atoms with Gasteiger partial charge in [-0.3, -0.25) is 9.78 Å². The third-order valence-electron chi connectivity index (χ3n) is 1.85. The average molecular weight is 180 g/mol. The number of carboxylic acid groups (broad SMARTS) is 1. The Morgan fingerprint density at radius 2 is 2.46 bits per heavy atom. The molecule has 1 heterocycles. The van der Waals surface area contributed by atoms with Gasteiger partial charge in [-0.1, -0.05) is 6.07 Å². The second-order valence-corrected chi connectivity index (χ2v) is 2.92. The van der Waals surface area contributed by atoms with Crippen molar-refractivity contribution in [3.05, 3.63) is 29.6 Å². The Morgan fingerprint density at radius 1 is 1.77 bits per heavy atom. The molecule has 0 aromatic carbocycles. The van der Waals surface area contributed by atoms with Gasteiger partial charge in [0.25, 0.3) is 0 Å². The number of nitrogens with two attached hydrogens (primary N) is 1. The molecule has 4 heteroatoms. The summed E-state index contributed by atoms with van der Waals surface area (Å²) in [5.41, 5.74) is 7.10. The molecule has 0 bridgehead atoms. The maximum absolute atomic E-state index is 10.5. The van der Waals surface area contributed by atoms with Crippen molar-refractivity contribution < 1.29 is 9.90 Å². The highest BCUT2D eigenvalue weighted by molar-refractivity contribution is 5.73. The number of hydrogen-bond donors (Lipinski definition) is 2. The zero-order valence-corrected chi connectivity index (χ0v) is 7.40. The lowest BCUT2D eigenvalue weighted by Gasteiger charge is -2.07. The number of aliphatic carboxylic acids is 1. The molecule has 0 aliphatic heterocycles. The van der Waals surface area contributed by atoms with Gasteiger partial charge in [0.1, 0.15) is 6.04 Å². The molecule has 13 heavy (non-hydrogen) atoms. The first-order valence-corrected chi connectivity index (χ1v) is 4.00. The first-order valence-electron chi connectivity index (χ1n) is 4.00. The van der Waals surface area contributed by atoms with Crippen LogP contribution in [0.5, 0.6) is 0 Å². The molecule has 1 aromatic rings. The summed E-state index contributed by atoms with van der Waals surface area (Å²) in [7, 11) is 0. The number of aromatic nitrogens is 1. The monoisotopic (exact) mass is 180 g/mol. The fourth-order valence-electron chi connectivity index (χ4n) is 1.03. The van der Waals surface area contributed by atoms with Gasteiger partial charge < -0.3 is 10.8 Å². The van der Waals surface area contributed by atoms with Gasteiger partial charge in [0.15, 0.2) is 0 Å². The third kappa shape index (κ3) is 2.52. The first-order chi connectivity index (χ1) is 6.11. The number of carbonyl (C=O) groups is 1. The molecular weight excluding hydrogens is 168 g/mol. The SMILES string of the molecule is Cc1cccnc1CC(N)C(=O)O. The largest absolute Gasteiger partial charge is 0.480 e. The maximum Gasteiger partial charge on any atom is 0.320 e. The van der Waals surface area contributed by atoms with Crippen molar-refractivity contribution in [2.75, 3.05) is 0 Å². The molecule has 4 nitrogen and oxygen atoms in total. The number of rotatable bonds is 3. The van der Waals surface area contributed by atoms with E-state index in [1.54, 1.807) is 6.20 Å². The summed E-state index contributed by atoms with van der Waals surface area (Å²) in [5, 5.41) is 8.58. The Hall–Kier alpha value is -1.42. The van der Waals surface area contributed by atoms with Crippen LogP contribution in [-0.2, 0) is 11.2 Å². The predicted octanol–water partition coefficient (Wildman–Crippen LogP) is 0.344. The Kier molecular flexibility index (Phi) is 2.97. The van der Waals surface area contributed by atoms with Crippen LogP contribution in [-0.4, -0.2) is 22.1 Å². The maximum atomic E-state index is 10.5. The topological polar surface area (TPSA) is 76.2 Å². The van der Waals surface area contributed by atoms with Crippen molar-refractivity contribution in [3.8, 4) is 0 Å². The average Bonchev–Trinajstić information content (AvgIpc) is 2.08. The van der Waals surface area contributed by atoms with Crippen molar-refractivity contribution in [3.63, 3.8) is 0 Å². The zero-order valence-electron chi connectivity index (χ0n) is 7.40. The summed E-state index contributed by atoms with van der Waals surface area (Å²) in [6.45, 7) is 1.89. The molecule has 0 saturated heterocycles. The van der Waals surface area contributed by atoms with E-state index in [4.69, 9.17) is 10.8 Å². The number of aryl methyl sites for hydroxylation is 1. The van der Waals surface area contributed by atoms with E-state index in [0.29, 0.717) is 0 Å². The highest BCUT2D eigenvalue weighted by Crippen LogP contribution is 2.05. The lowest BCUT2D eigenvalue weighted by Crippen LogP contribution is -2.32. The Bertz CT molecular complexity index is 312. The number of pyridine rings is 1. The van der Waals surface area contributed by atoms with E-state index < -0.39 is 12.0 Å². The van der Waals surface area contributed by atoms with Crippen molar-refractivity contribution in [1.82, 2.24) is 4.98 Å². The summed E-state index contributed by atoms with van der Waals surface area (Å²) in [4.78, 5) is 14.5. The molecule has 1 atom stereocenters. The van der Waals surface area contributed by atoms with Gasteiger partial charge in [0, 0.05) is 18.3 Å². The van der Waals surface area contributed by atoms with Crippen molar-refractivity contribution in [2.45, 2.75) is 19.4 Å². The Balaban J connectivity index is 2.74. The van der Waals surface area contributed by atoms with E-state index in [9.17, 15) is 4.79 Å². The van der Waals surface area contributed by atoms with Crippen molar-refractivity contribution >= 4 is 5.97 Å². The lowest BCUT2D eigenvalue weighted by atomic mass is 10.1.